The first-order chi connectivity index (χ1) is 11.8. The van der Waals surface area contributed by atoms with Crippen LogP contribution in [0.1, 0.15) is 5.56 Å². The van der Waals surface area contributed by atoms with Gasteiger partial charge < -0.3 is 5.32 Å². The van der Waals surface area contributed by atoms with Gasteiger partial charge in [0, 0.05) is 10.7 Å². The third-order valence-electron chi connectivity index (χ3n) is 3.62. The fourth-order valence-corrected chi connectivity index (χ4v) is 3.16. The van der Waals surface area contributed by atoms with Gasteiger partial charge in [-0.25, -0.2) is 4.90 Å². The number of carbonyl (C=O) groups excluding carboxylic acids is 2. The van der Waals surface area contributed by atoms with Crippen LogP contribution < -0.4 is 10.2 Å². The summed E-state index contributed by atoms with van der Waals surface area (Å²) < 4.78 is 0. The van der Waals surface area contributed by atoms with Crippen LogP contribution in [0, 0.1) is 6.92 Å². The summed E-state index contributed by atoms with van der Waals surface area (Å²) in [6, 6.07) is 9.59. The van der Waals surface area contributed by atoms with E-state index in [1.807, 2.05) is 0 Å². The minimum Gasteiger partial charge on any atom is -0.350 e. The molecule has 0 bridgehead atoms. The van der Waals surface area contributed by atoms with Crippen molar-refractivity contribution in [1.82, 2.24) is 0 Å². The Kier molecular flexibility index (Phi) is 4.98. The zero-order valence-corrected chi connectivity index (χ0v) is 15.8. The first-order valence-corrected chi connectivity index (χ1v) is 8.57. The number of imide groups is 1. The van der Waals surface area contributed by atoms with Crippen LogP contribution in [0.5, 0.6) is 0 Å². The van der Waals surface area contributed by atoms with Gasteiger partial charge in [-0.3, -0.25) is 9.59 Å². The highest BCUT2D eigenvalue weighted by molar-refractivity contribution is 6.53. The largest absolute Gasteiger partial charge is 0.350 e. The van der Waals surface area contributed by atoms with Crippen molar-refractivity contribution in [2.75, 3.05) is 10.2 Å². The van der Waals surface area contributed by atoms with E-state index in [1.165, 1.54) is 6.07 Å². The predicted molar refractivity (Wildman–Crippen MR) is 102 cm³/mol. The molecule has 0 spiro atoms. The molecule has 2 aromatic rings. The van der Waals surface area contributed by atoms with Gasteiger partial charge in [-0.15, -0.1) is 0 Å². The number of hydrogen-bond acceptors (Lipinski definition) is 3. The normalized spacial score (nSPS) is 14.5. The van der Waals surface area contributed by atoms with Crippen LogP contribution in [-0.4, -0.2) is 11.8 Å². The standard InChI is InChI=1S/C17H10Cl4N2O2/c1-8-6-9(18)2-5-13(8)23-16(24)14(21)15(17(23)25)22-10-3-4-11(19)12(20)7-10/h2-7,22H,1H3. The molecule has 1 N–H and O–H groups in total. The van der Waals surface area contributed by atoms with Crippen molar-refractivity contribution >= 4 is 69.6 Å². The van der Waals surface area contributed by atoms with E-state index in [0.717, 1.165) is 4.90 Å². The number of nitrogens with one attached hydrogen (secondary N) is 1. The van der Waals surface area contributed by atoms with Crippen molar-refractivity contribution in [3.8, 4) is 0 Å². The molecule has 1 aliphatic heterocycles. The Morgan fingerprint density at radius 1 is 0.880 bits per heavy atom. The number of halogens is 4. The molecule has 1 aliphatic rings. The summed E-state index contributed by atoms with van der Waals surface area (Å²) in [5, 5.41) is 3.83. The second kappa shape index (κ2) is 6.89. The fourth-order valence-electron chi connectivity index (χ4n) is 2.42. The lowest BCUT2D eigenvalue weighted by atomic mass is 10.2. The Labute approximate surface area is 163 Å². The summed E-state index contributed by atoms with van der Waals surface area (Å²) in [4.78, 5) is 26.2. The van der Waals surface area contributed by atoms with E-state index in [1.54, 1.807) is 37.3 Å². The molecule has 0 fully saturated rings. The molecule has 3 rings (SSSR count). The quantitative estimate of drug-likeness (QED) is 0.683. The van der Waals surface area contributed by atoms with Crippen molar-refractivity contribution in [3.05, 3.63) is 67.8 Å². The van der Waals surface area contributed by atoms with Gasteiger partial charge in [-0.1, -0.05) is 46.4 Å². The molecular formula is C17H10Cl4N2O2. The number of nitrogens with zero attached hydrogens (tertiary/aromatic N) is 1. The second-order valence-corrected chi connectivity index (χ2v) is 6.95. The lowest BCUT2D eigenvalue weighted by Crippen LogP contribution is -2.32. The Morgan fingerprint density at radius 3 is 2.24 bits per heavy atom. The molecule has 0 aliphatic carbocycles. The van der Waals surface area contributed by atoms with Crippen molar-refractivity contribution in [1.29, 1.82) is 0 Å². The number of amides is 2. The Bertz CT molecular complexity index is 940. The molecule has 0 saturated carbocycles. The zero-order valence-electron chi connectivity index (χ0n) is 12.7. The van der Waals surface area contributed by atoms with Crippen LogP contribution in [-0.2, 0) is 9.59 Å². The molecule has 4 nitrogen and oxygen atoms in total. The van der Waals surface area contributed by atoms with E-state index >= 15 is 0 Å². The number of anilines is 2. The molecule has 2 aromatic carbocycles. The first-order valence-electron chi connectivity index (χ1n) is 7.06. The maximum atomic E-state index is 12.7. The number of benzene rings is 2. The summed E-state index contributed by atoms with van der Waals surface area (Å²) in [7, 11) is 0. The minimum atomic E-state index is -0.611. The van der Waals surface area contributed by atoms with Crippen LogP contribution in [0.3, 0.4) is 0 Å². The lowest BCUT2D eigenvalue weighted by molar-refractivity contribution is -0.120. The first kappa shape index (κ1) is 18.1. The van der Waals surface area contributed by atoms with Crippen LogP contribution in [0.25, 0.3) is 0 Å². The van der Waals surface area contributed by atoms with Gasteiger partial charge in [0.1, 0.15) is 10.7 Å². The monoisotopic (exact) mass is 414 g/mol. The van der Waals surface area contributed by atoms with Crippen LogP contribution >= 0.6 is 46.4 Å². The van der Waals surface area contributed by atoms with Gasteiger partial charge in [0.15, 0.2) is 0 Å². The topological polar surface area (TPSA) is 49.4 Å². The van der Waals surface area contributed by atoms with Crippen molar-refractivity contribution < 1.29 is 9.59 Å². The molecule has 8 heteroatoms. The smallest absolute Gasteiger partial charge is 0.283 e. The number of hydrogen-bond donors (Lipinski definition) is 1. The van der Waals surface area contributed by atoms with Crippen LogP contribution in [0.15, 0.2) is 47.1 Å². The van der Waals surface area contributed by atoms with Gasteiger partial charge >= 0.3 is 0 Å². The van der Waals surface area contributed by atoms with Gasteiger partial charge in [0.25, 0.3) is 11.8 Å². The van der Waals surface area contributed by atoms with Crippen molar-refractivity contribution in [3.63, 3.8) is 0 Å². The molecule has 25 heavy (non-hydrogen) atoms. The molecule has 1 heterocycles. The summed E-state index contributed by atoms with van der Waals surface area (Å²) >= 11 is 23.9. The average molecular weight is 416 g/mol. The zero-order chi connectivity index (χ0) is 18.3. The van der Waals surface area contributed by atoms with Crippen molar-refractivity contribution in [2.45, 2.75) is 6.92 Å². The number of rotatable bonds is 3. The highest BCUT2D eigenvalue weighted by Gasteiger charge is 2.39. The van der Waals surface area contributed by atoms with Gasteiger partial charge in [0.2, 0.25) is 0 Å². The van der Waals surface area contributed by atoms with E-state index in [9.17, 15) is 9.59 Å². The lowest BCUT2D eigenvalue weighted by Gasteiger charge is -2.17. The maximum absolute atomic E-state index is 12.7. The SMILES string of the molecule is Cc1cc(Cl)ccc1N1C(=O)C(Cl)=C(Nc2ccc(Cl)c(Cl)c2)C1=O. The molecule has 0 saturated heterocycles. The molecule has 0 atom stereocenters. The Morgan fingerprint density at radius 2 is 1.60 bits per heavy atom. The van der Waals surface area contributed by atoms with Crippen LogP contribution in [0.2, 0.25) is 15.1 Å². The molecule has 0 radical (unpaired) electrons. The fraction of sp³-hybridized carbons (Fsp3) is 0.0588. The molecular weight excluding hydrogens is 406 g/mol. The Balaban J connectivity index is 1.95. The molecule has 2 amide bonds. The van der Waals surface area contributed by atoms with Gasteiger partial charge in [-0.2, -0.15) is 0 Å². The average Bonchev–Trinajstić information content (AvgIpc) is 2.75. The second-order valence-electron chi connectivity index (χ2n) is 5.32. The summed E-state index contributed by atoms with van der Waals surface area (Å²) in [6.45, 7) is 1.75. The number of carbonyl (C=O) groups is 2. The third-order valence-corrected chi connectivity index (χ3v) is 4.94. The summed E-state index contributed by atoms with van der Waals surface area (Å²) in [5.74, 6) is -1.17. The number of aryl methyl sites for hydroxylation is 1. The minimum absolute atomic E-state index is 0.0283. The van der Waals surface area contributed by atoms with E-state index in [2.05, 4.69) is 5.32 Å². The summed E-state index contributed by atoms with van der Waals surface area (Å²) in [6.07, 6.45) is 0. The Hall–Kier alpha value is -1.72. The van der Waals surface area contributed by atoms with Gasteiger partial charge in [-0.05, 0) is 48.9 Å². The molecule has 0 aromatic heterocycles. The molecule has 0 unspecified atom stereocenters. The highest BCUT2D eigenvalue weighted by atomic mass is 35.5. The van der Waals surface area contributed by atoms with Gasteiger partial charge in [0.05, 0.1) is 15.7 Å². The van der Waals surface area contributed by atoms with Crippen molar-refractivity contribution in [2.24, 2.45) is 0 Å². The van der Waals surface area contributed by atoms with E-state index in [0.29, 0.717) is 32.0 Å². The van der Waals surface area contributed by atoms with E-state index in [4.69, 9.17) is 46.4 Å². The van der Waals surface area contributed by atoms with Crippen LogP contribution in [0.4, 0.5) is 11.4 Å². The highest BCUT2D eigenvalue weighted by Crippen LogP contribution is 2.34. The third kappa shape index (κ3) is 3.35. The molecule has 128 valence electrons. The summed E-state index contributed by atoms with van der Waals surface area (Å²) in [5.41, 5.74) is 1.55. The maximum Gasteiger partial charge on any atom is 0.283 e. The predicted octanol–water partition coefficient (Wildman–Crippen LogP) is 5.39. The van der Waals surface area contributed by atoms with E-state index < -0.39 is 11.8 Å². The van der Waals surface area contributed by atoms with E-state index in [-0.39, 0.29) is 10.7 Å².